The molecule has 1 heterocycles. The average Bonchev–Trinajstić information content (AvgIpc) is 2.77. The second-order valence-electron chi connectivity index (χ2n) is 5.92. The second kappa shape index (κ2) is 5.68. The molecule has 1 aromatic heterocycles. The van der Waals surface area contributed by atoms with Gasteiger partial charge >= 0.3 is 5.97 Å². The molecular formula is C14H16BrN3O4. The summed E-state index contributed by atoms with van der Waals surface area (Å²) >= 11 is 3.23. The fourth-order valence-corrected chi connectivity index (χ4v) is 2.52. The van der Waals surface area contributed by atoms with Crippen LogP contribution in [0, 0.1) is 10.1 Å². The highest BCUT2D eigenvalue weighted by Gasteiger charge is 2.27. The van der Waals surface area contributed by atoms with Gasteiger partial charge in [-0.2, -0.15) is 5.10 Å². The Labute approximate surface area is 135 Å². The molecule has 22 heavy (non-hydrogen) atoms. The third kappa shape index (κ3) is 3.27. The van der Waals surface area contributed by atoms with E-state index >= 15 is 0 Å². The number of aromatic nitrogens is 2. The molecule has 0 saturated carbocycles. The van der Waals surface area contributed by atoms with E-state index in [1.54, 1.807) is 33.8 Å². The average molecular weight is 370 g/mol. The predicted molar refractivity (Wildman–Crippen MR) is 84.6 cm³/mol. The fourth-order valence-electron chi connectivity index (χ4n) is 2.06. The number of nitrogens with zero attached hydrogens (tertiary/aromatic N) is 3. The van der Waals surface area contributed by atoms with Crippen molar-refractivity contribution in [2.45, 2.75) is 39.3 Å². The second-order valence-corrected chi connectivity index (χ2v) is 6.83. The van der Waals surface area contributed by atoms with Crippen molar-refractivity contribution < 1.29 is 14.5 Å². The third-order valence-electron chi connectivity index (χ3n) is 2.95. The van der Waals surface area contributed by atoms with E-state index in [0.29, 0.717) is 15.4 Å². The highest BCUT2D eigenvalue weighted by molar-refractivity contribution is 9.10. The lowest BCUT2D eigenvalue weighted by molar-refractivity contribution is -0.383. The normalized spacial score (nSPS) is 13.1. The van der Waals surface area contributed by atoms with E-state index in [1.807, 2.05) is 0 Å². The zero-order valence-electron chi connectivity index (χ0n) is 12.7. The van der Waals surface area contributed by atoms with E-state index in [2.05, 4.69) is 21.0 Å². The monoisotopic (exact) mass is 369 g/mol. The lowest BCUT2D eigenvalue weighted by Crippen LogP contribution is -2.29. The number of ether oxygens (including phenoxy) is 1. The van der Waals surface area contributed by atoms with Gasteiger partial charge in [0.25, 0.3) is 5.69 Å². The van der Waals surface area contributed by atoms with E-state index in [1.165, 1.54) is 16.9 Å². The number of fused-ring (bicyclic) bond motifs is 1. The number of carbonyl (C=O) groups excluding carboxylic acids is 1. The lowest BCUT2D eigenvalue weighted by Gasteiger charge is -2.22. The molecule has 0 aliphatic carbocycles. The molecule has 0 amide bonds. The summed E-state index contributed by atoms with van der Waals surface area (Å²) in [5.74, 6) is -0.491. The molecule has 0 radical (unpaired) electrons. The SMILES string of the molecule is CC(C(=O)OC(C)(C)C)n1ncc2cc(Br)cc([N+](=O)[O-])c21. The summed E-state index contributed by atoms with van der Waals surface area (Å²) in [7, 11) is 0. The maximum atomic E-state index is 12.2. The van der Waals surface area contributed by atoms with E-state index in [-0.39, 0.29) is 5.69 Å². The summed E-state index contributed by atoms with van der Waals surface area (Å²) in [6, 6.07) is 2.34. The smallest absolute Gasteiger partial charge is 0.331 e. The van der Waals surface area contributed by atoms with Gasteiger partial charge in [-0.15, -0.1) is 0 Å². The predicted octanol–water partition coefficient (Wildman–Crippen LogP) is 3.61. The van der Waals surface area contributed by atoms with Crippen LogP contribution in [0.25, 0.3) is 10.9 Å². The quantitative estimate of drug-likeness (QED) is 0.468. The number of non-ortho nitro benzene ring substituents is 1. The van der Waals surface area contributed by atoms with Crippen molar-refractivity contribution >= 4 is 38.5 Å². The van der Waals surface area contributed by atoms with Crippen molar-refractivity contribution in [2.24, 2.45) is 0 Å². The number of halogens is 1. The van der Waals surface area contributed by atoms with E-state index in [0.717, 1.165) is 0 Å². The van der Waals surface area contributed by atoms with Gasteiger partial charge in [0.15, 0.2) is 0 Å². The van der Waals surface area contributed by atoms with Gasteiger partial charge in [0.1, 0.15) is 17.2 Å². The van der Waals surface area contributed by atoms with Crippen molar-refractivity contribution in [3.63, 3.8) is 0 Å². The van der Waals surface area contributed by atoms with Gasteiger partial charge in [-0.3, -0.25) is 10.1 Å². The summed E-state index contributed by atoms with van der Waals surface area (Å²) in [4.78, 5) is 23.0. The van der Waals surface area contributed by atoms with Crippen molar-refractivity contribution in [3.8, 4) is 0 Å². The van der Waals surface area contributed by atoms with Crippen LogP contribution in [0.3, 0.4) is 0 Å². The van der Waals surface area contributed by atoms with Crippen LogP contribution in [0.2, 0.25) is 0 Å². The van der Waals surface area contributed by atoms with Crippen LogP contribution in [0.5, 0.6) is 0 Å². The molecule has 1 unspecified atom stereocenters. The first kappa shape index (κ1) is 16.4. The van der Waals surface area contributed by atoms with Gasteiger partial charge in [0, 0.05) is 15.9 Å². The lowest BCUT2D eigenvalue weighted by atomic mass is 10.2. The Kier molecular flexibility index (Phi) is 4.23. The minimum atomic E-state index is -0.767. The molecule has 0 aliphatic heterocycles. The van der Waals surface area contributed by atoms with E-state index in [4.69, 9.17) is 4.74 Å². The minimum Gasteiger partial charge on any atom is -0.458 e. The van der Waals surface area contributed by atoms with Crippen LogP contribution in [-0.4, -0.2) is 26.3 Å². The summed E-state index contributed by atoms with van der Waals surface area (Å²) in [5, 5.41) is 16.0. The Balaban J connectivity index is 2.52. The largest absolute Gasteiger partial charge is 0.458 e. The molecule has 8 heteroatoms. The van der Waals surface area contributed by atoms with Gasteiger partial charge < -0.3 is 4.74 Å². The first-order chi connectivity index (χ1) is 10.1. The number of carbonyl (C=O) groups is 1. The van der Waals surface area contributed by atoms with Crippen molar-refractivity contribution in [1.82, 2.24) is 9.78 Å². The fraction of sp³-hybridized carbons (Fsp3) is 0.429. The molecule has 2 rings (SSSR count). The standard InChI is InChI=1S/C14H16BrN3O4/c1-8(13(19)22-14(2,3)4)17-12-9(7-16-17)5-10(15)6-11(12)18(20)21/h5-8H,1-4H3. The number of benzene rings is 1. The van der Waals surface area contributed by atoms with Gasteiger partial charge in [-0.25, -0.2) is 9.48 Å². The number of esters is 1. The molecule has 118 valence electrons. The molecule has 1 atom stereocenters. The van der Waals surface area contributed by atoms with Gasteiger partial charge in [-0.1, -0.05) is 15.9 Å². The summed E-state index contributed by atoms with van der Waals surface area (Å²) in [6.45, 7) is 6.89. The summed E-state index contributed by atoms with van der Waals surface area (Å²) in [5.41, 5.74) is -0.452. The Morgan fingerprint density at radius 3 is 2.64 bits per heavy atom. The molecule has 0 saturated heterocycles. The molecular weight excluding hydrogens is 354 g/mol. The molecule has 2 aromatic rings. The van der Waals surface area contributed by atoms with Crippen LogP contribution in [0.4, 0.5) is 5.69 Å². The van der Waals surface area contributed by atoms with E-state index < -0.39 is 22.5 Å². The number of rotatable bonds is 3. The Morgan fingerprint density at radius 1 is 1.45 bits per heavy atom. The number of hydrogen-bond donors (Lipinski definition) is 0. The van der Waals surface area contributed by atoms with Gasteiger partial charge in [0.05, 0.1) is 11.1 Å². The van der Waals surface area contributed by atoms with Crippen LogP contribution < -0.4 is 0 Å². The zero-order chi connectivity index (χ0) is 16.7. The molecule has 0 bridgehead atoms. The van der Waals surface area contributed by atoms with Gasteiger partial charge in [0.2, 0.25) is 0 Å². The first-order valence-corrected chi connectivity index (χ1v) is 7.43. The molecule has 1 aromatic carbocycles. The van der Waals surface area contributed by atoms with Crippen molar-refractivity contribution in [1.29, 1.82) is 0 Å². The molecule has 0 aliphatic rings. The highest BCUT2D eigenvalue weighted by Crippen LogP contribution is 2.32. The Hall–Kier alpha value is -1.96. The maximum absolute atomic E-state index is 12.2. The topological polar surface area (TPSA) is 87.3 Å². The van der Waals surface area contributed by atoms with Crippen LogP contribution in [-0.2, 0) is 9.53 Å². The van der Waals surface area contributed by atoms with Crippen LogP contribution >= 0.6 is 15.9 Å². The molecule has 7 nitrogen and oxygen atoms in total. The van der Waals surface area contributed by atoms with Gasteiger partial charge in [-0.05, 0) is 33.8 Å². The number of hydrogen-bond acceptors (Lipinski definition) is 5. The zero-order valence-corrected chi connectivity index (χ0v) is 14.2. The molecule has 0 N–H and O–H groups in total. The Morgan fingerprint density at radius 2 is 2.09 bits per heavy atom. The Bertz CT molecular complexity index is 748. The summed E-state index contributed by atoms with van der Waals surface area (Å²) in [6.07, 6.45) is 1.49. The van der Waals surface area contributed by atoms with E-state index in [9.17, 15) is 14.9 Å². The first-order valence-electron chi connectivity index (χ1n) is 6.64. The molecule has 0 fully saturated rings. The minimum absolute atomic E-state index is 0.114. The third-order valence-corrected chi connectivity index (χ3v) is 3.40. The van der Waals surface area contributed by atoms with Crippen molar-refractivity contribution in [2.75, 3.05) is 0 Å². The van der Waals surface area contributed by atoms with Crippen LogP contribution in [0.15, 0.2) is 22.8 Å². The molecule has 0 spiro atoms. The highest BCUT2D eigenvalue weighted by atomic mass is 79.9. The van der Waals surface area contributed by atoms with Crippen molar-refractivity contribution in [3.05, 3.63) is 32.9 Å². The summed E-state index contributed by atoms with van der Waals surface area (Å²) < 4.78 is 7.22. The van der Waals surface area contributed by atoms with Crippen LogP contribution in [0.1, 0.15) is 33.7 Å². The number of nitro benzene ring substituents is 1. The maximum Gasteiger partial charge on any atom is 0.331 e. The number of nitro groups is 1.